The third-order valence-electron chi connectivity index (χ3n) is 4.19. The average Bonchev–Trinajstić information content (AvgIpc) is 3.12. The Bertz CT molecular complexity index is 959. The number of carbonyl (C=O) groups is 2. The van der Waals surface area contributed by atoms with Gasteiger partial charge < -0.3 is 10.6 Å². The van der Waals surface area contributed by atoms with E-state index in [0.717, 1.165) is 9.31 Å². The lowest BCUT2D eigenvalue weighted by atomic mass is 10.1. The Balaban J connectivity index is 1.77. The quantitative estimate of drug-likeness (QED) is 0.720. The number of benzene rings is 1. The van der Waals surface area contributed by atoms with E-state index in [2.05, 4.69) is 20.8 Å². The number of nitrogens with zero attached hydrogens (tertiary/aromatic N) is 3. The minimum absolute atomic E-state index is 0.0841. The summed E-state index contributed by atoms with van der Waals surface area (Å²) < 4.78 is 27.0. The molecule has 28 heavy (non-hydrogen) atoms. The molecule has 2 amide bonds. The molecule has 1 atom stereocenters. The monoisotopic (exact) mass is 423 g/mol. The maximum atomic E-state index is 13.0. The van der Waals surface area contributed by atoms with Gasteiger partial charge in [0, 0.05) is 19.0 Å². The molecule has 2 N–H and O–H groups in total. The molecule has 0 spiro atoms. The molecule has 3 rings (SSSR count). The molecule has 1 aromatic carbocycles. The van der Waals surface area contributed by atoms with Gasteiger partial charge in [-0.05, 0) is 12.1 Å². The van der Waals surface area contributed by atoms with Gasteiger partial charge in [-0.2, -0.15) is 4.31 Å². The molecule has 9 nitrogen and oxygen atoms in total. The second-order valence-corrected chi connectivity index (χ2v) is 9.49. The number of sulfonamides is 1. The van der Waals surface area contributed by atoms with Crippen molar-refractivity contribution in [3.8, 4) is 0 Å². The Kier molecular flexibility index (Phi) is 6.06. The second-order valence-electron chi connectivity index (χ2n) is 6.59. The summed E-state index contributed by atoms with van der Waals surface area (Å²) in [7, 11) is -3.90. The highest BCUT2D eigenvalue weighted by atomic mass is 32.2. The van der Waals surface area contributed by atoms with Crippen LogP contribution >= 0.6 is 11.3 Å². The fourth-order valence-electron chi connectivity index (χ4n) is 2.77. The van der Waals surface area contributed by atoms with Gasteiger partial charge in [-0.3, -0.25) is 9.59 Å². The van der Waals surface area contributed by atoms with E-state index in [9.17, 15) is 18.0 Å². The third-order valence-corrected chi connectivity index (χ3v) is 7.25. The first-order chi connectivity index (χ1) is 13.3. The van der Waals surface area contributed by atoms with Gasteiger partial charge in [-0.25, -0.2) is 8.42 Å². The normalized spacial score (nSPS) is 18.1. The number of nitrogens with one attached hydrogen (secondary N) is 2. The third kappa shape index (κ3) is 4.37. The standard InChI is InChI=1S/C17H21N5O4S2/c1-11(2)16-20-21-17(27-16)19-14(23)10-13-15(24)18-8-9-22(13)28(25,26)12-6-4-3-5-7-12/h3-7,11,13H,8-10H2,1-2H3,(H,18,24)(H,19,21,23)/t13-/m1/s1. The van der Waals surface area contributed by atoms with Crippen LogP contribution < -0.4 is 10.6 Å². The highest BCUT2D eigenvalue weighted by Crippen LogP contribution is 2.24. The van der Waals surface area contributed by atoms with E-state index in [0.29, 0.717) is 5.13 Å². The van der Waals surface area contributed by atoms with Crippen LogP contribution in [0.5, 0.6) is 0 Å². The predicted octanol–water partition coefficient (Wildman–Crippen LogP) is 1.18. The van der Waals surface area contributed by atoms with Gasteiger partial charge in [0.25, 0.3) is 0 Å². The van der Waals surface area contributed by atoms with E-state index in [1.807, 2.05) is 13.8 Å². The van der Waals surface area contributed by atoms with Crippen molar-refractivity contribution in [2.75, 3.05) is 18.4 Å². The molecule has 150 valence electrons. The Labute approximate surface area is 167 Å². The van der Waals surface area contributed by atoms with Gasteiger partial charge in [0.1, 0.15) is 11.0 Å². The summed E-state index contributed by atoms with van der Waals surface area (Å²) in [6, 6.07) is 6.74. The maximum absolute atomic E-state index is 13.0. The SMILES string of the molecule is CC(C)c1nnc(NC(=O)C[C@@H]2C(=O)NCCN2S(=O)(=O)c2ccccc2)s1. The van der Waals surface area contributed by atoms with Crippen LogP contribution in [-0.2, 0) is 19.6 Å². The van der Waals surface area contributed by atoms with E-state index in [1.54, 1.807) is 18.2 Å². The second kappa shape index (κ2) is 8.33. The van der Waals surface area contributed by atoms with Crippen molar-refractivity contribution in [1.82, 2.24) is 19.8 Å². The number of rotatable bonds is 6. The summed E-state index contributed by atoms with van der Waals surface area (Å²) in [5.74, 6) is -0.818. The molecule has 1 aromatic heterocycles. The zero-order valence-corrected chi connectivity index (χ0v) is 17.1. The van der Waals surface area contributed by atoms with Crippen molar-refractivity contribution >= 4 is 38.3 Å². The fourth-order valence-corrected chi connectivity index (χ4v) is 5.14. The van der Waals surface area contributed by atoms with Crippen LogP contribution in [0.4, 0.5) is 5.13 Å². The minimum Gasteiger partial charge on any atom is -0.353 e. The van der Waals surface area contributed by atoms with Crippen molar-refractivity contribution in [2.45, 2.75) is 37.1 Å². The molecule has 0 bridgehead atoms. The summed E-state index contributed by atoms with van der Waals surface area (Å²) in [6.07, 6.45) is -0.311. The Hall–Kier alpha value is -2.37. The molecule has 2 heterocycles. The van der Waals surface area contributed by atoms with Gasteiger partial charge in [-0.1, -0.05) is 43.4 Å². The van der Waals surface area contributed by atoms with E-state index in [-0.39, 0.29) is 30.3 Å². The van der Waals surface area contributed by atoms with Crippen LogP contribution in [0.3, 0.4) is 0 Å². The Morgan fingerprint density at radius 2 is 2.04 bits per heavy atom. The fraction of sp³-hybridized carbons (Fsp3) is 0.412. The molecule has 11 heteroatoms. The topological polar surface area (TPSA) is 121 Å². The highest BCUT2D eigenvalue weighted by Gasteiger charge is 2.39. The van der Waals surface area contributed by atoms with Crippen molar-refractivity contribution in [2.24, 2.45) is 0 Å². The van der Waals surface area contributed by atoms with Crippen LogP contribution in [0.2, 0.25) is 0 Å². The van der Waals surface area contributed by atoms with E-state index in [1.165, 1.54) is 23.5 Å². The maximum Gasteiger partial charge on any atom is 0.243 e. The first-order valence-electron chi connectivity index (χ1n) is 8.77. The van der Waals surface area contributed by atoms with Crippen molar-refractivity contribution in [3.05, 3.63) is 35.3 Å². The molecule has 1 fully saturated rings. The Morgan fingerprint density at radius 1 is 1.32 bits per heavy atom. The number of aromatic nitrogens is 2. The molecule has 0 unspecified atom stereocenters. The zero-order chi connectivity index (χ0) is 20.3. The molecule has 1 saturated heterocycles. The summed E-state index contributed by atoms with van der Waals surface area (Å²) in [4.78, 5) is 24.9. The van der Waals surface area contributed by atoms with Gasteiger partial charge >= 0.3 is 0 Å². The van der Waals surface area contributed by atoms with E-state index < -0.39 is 27.9 Å². The lowest BCUT2D eigenvalue weighted by Crippen LogP contribution is -2.57. The molecular weight excluding hydrogens is 402 g/mol. The summed E-state index contributed by atoms with van der Waals surface area (Å²) in [6.45, 7) is 4.21. The summed E-state index contributed by atoms with van der Waals surface area (Å²) >= 11 is 1.25. The van der Waals surface area contributed by atoms with E-state index >= 15 is 0 Å². The van der Waals surface area contributed by atoms with Crippen molar-refractivity contribution in [3.63, 3.8) is 0 Å². The van der Waals surface area contributed by atoms with Crippen molar-refractivity contribution in [1.29, 1.82) is 0 Å². The molecular formula is C17H21N5O4S2. The van der Waals surface area contributed by atoms with Crippen LogP contribution in [0, 0.1) is 0 Å². The molecule has 0 saturated carbocycles. The largest absolute Gasteiger partial charge is 0.353 e. The predicted molar refractivity (Wildman–Crippen MR) is 104 cm³/mol. The molecule has 2 aromatic rings. The van der Waals surface area contributed by atoms with Gasteiger partial charge in [0.15, 0.2) is 0 Å². The summed E-state index contributed by atoms with van der Waals surface area (Å²) in [5, 5.41) is 14.2. The highest BCUT2D eigenvalue weighted by molar-refractivity contribution is 7.89. The lowest BCUT2D eigenvalue weighted by Gasteiger charge is -2.33. The van der Waals surface area contributed by atoms with Gasteiger partial charge in [0.2, 0.25) is 27.0 Å². The molecule has 1 aliphatic rings. The Morgan fingerprint density at radius 3 is 2.68 bits per heavy atom. The number of hydrogen-bond acceptors (Lipinski definition) is 7. The van der Waals surface area contributed by atoms with Crippen LogP contribution in [0.1, 0.15) is 31.2 Å². The smallest absolute Gasteiger partial charge is 0.243 e. The first-order valence-corrected chi connectivity index (χ1v) is 11.0. The number of carbonyl (C=O) groups excluding carboxylic acids is 2. The van der Waals surface area contributed by atoms with Crippen LogP contribution in [0.25, 0.3) is 0 Å². The van der Waals surface area contributed by atoms with Crippen molar-refractivity contribution < 1.29 is 18.0 Å². The first kappa shape index (κ1) is 20.4. The number of hydrogen-bond donors (Lipinski definition) is 2. The molecule has 0 radical (unpaired) electrons. The van der Waals surface area contributed by atoms with Gasteiger partial charge in [-0.15, -0.1) is 10.2 Å². The number of piperazine rings is 1. The minimum atomic E-state index is -3.90. The molecule has 0 aliphatic carbocycles. The average molecular weight is 424 g/mol. The molecule has 1 aliphatic heterocycles. The lowest BCUT2D eigenvalue weighted by molar-refractivity contribution is -0.130. The summed E-state index contributed by atoms with van der Waals surface area (Å²) in [5.41, 5.74) is 0. The van der Waals surface area contributed by atoms with Crippen LogP contribution in [0.15, 0.2) is 35.2 Å². The zero-order valence-electron chi connectivity index (χ0n) is 15.5. The number of amides is 2. The van der Waals surface area contributed by atoms with E-state index in [4.69, 9.17) is 0 Å². The number of anilines is 1. The van der Waals surface area contributed by atoms with Crippen LogP contribution in [-0.4, -0.2) is 53.9 Å². The van der Waals surface area contributed by atoms with Gasteiger partial charge in [0.05, 0.1) is 11.3 Å².